The van der Waals surface area contributed by atoms with Crippen LogP contribution in [0.15, 0.2) is 24.3 Å². The van der Waals surface area contributed by atoms with Crippen molar-refractivity contribution >= 4 is 0 Å². The molecule has 1 fully saturated rings. The van der Waals surface area contributed by atoms with Crippen LogP contribution in [0.25, 0.3) is 0 Å². The maximum atomic E-state index is 13.3. The second kappa shape index (κ2) is 5.15. The summed E-state index contributed by atoms with van der Waals surface area (Å²) < 4.78 is 13.3. The predicted molar refractivity (Wildman–Crippen MR) is 68.1 cm³/mol. The van der Waals surface area contributed by atoms with E-state index < -0.39 is 0 Å². The monoisotopic (exact) mass is 236 g/mol. The molecule has 1 aromatic carbocycles. The van der Waals surface area contributed by atoms with E-state index in [1.807, 2.05) is 13.0 Å². The Hall–Kier alpha value is -0.930. The number of nitrogens with two attached hydrogens (primary N) is 1. The van der Waals surface area contributed by atoms with Crippen LogP contribution in [0.4, 0.5) is 4.39 Å². The summed E-state index contributed by atoms with van der Waals surface area (Å²) in [6, 6.07) is 6.98. The largest absolute Gasteiger partial charge is 0.326 e. The van der Waals surface area contributed by atoms with Gasteiger partial charge in [0.05, 0.1) is 0 Å². The zero-order valence-corrected chi connectivity index (χ0v) is 10.6. The van der Waals surface area contributed by atoms with Gasteiger partial charge < -0.3 is 5.73 Å². The lowest BCUT2D eigenvalue weighted by molar-refractivity contribution is 0.212. The van der Waals surface area contributed by atoms with Gasteiger partial charge >= 0.3 is 0 Å². The highest BCUT2D eigenvalue weighted by Crippen LogP contribution is 2.29. The Morgan fingerprint density at radius 3 is 2.76 bits per heavy atom. The molecule has 1 aromatic rings. The van der Waals surface area contributed by atoms with Crippen LogP contribution in [0.1, 0.15) is 31.9 Å². The second-order valence-electron chi connectivity index (χ2n) is 5.25. The molecule has 17 heavy (non-hydrogen) atoms. The van der Waals surface area contributed by atoms with E-state index in [9.17, 15) is 4.39 Å². The molecule has 2 rings (SSSR count). The lowest BCUT2D eigenvalue weighted by Crippen LogP contribution is -2.38. The lowest BCUT2D eigenvalue weighted by Gasteiger charge is -2.31. The van der Waals surface area contributed by atoms with Crippen molar-refractivity contribution in [2.24, 2.45) is 11.7 Å². The summed E-state index contributed by atoms with van der Waals surface area (Å²) in [5.41, 5.74) is 7.07. The van der Waals surface area contributed by atoms with Crippen molar-refractivity contribution in [1.29, 1.82) is 0 Å². The average Bonchev–Trinajstić information content (AvgIpc) is 2.64. The van der Waals surface area contributed by atoms with Gasteiger partial charge in [-0.1, -0.05) is 19.1 Å². The number of hydrogen-bond donors (Lipinski definition) is 1. The Kier molecular flexibility index (Phi) is 3.79. The molecule has 0 bridgehead atoms. The van der Waals surface area contributed by atoms with Gasteiger partial charge in [-0.25, -0.2) is 4.39 Å². The van der Waals surface area contributed by atoms with Crippen LogP contribution in [0.3, 0.4) is 0 Å². The molecule has 3 heteroatoms. The van der Waals surface area contributed by atoms with Gasteiger partial charge in [-0.3, -0.25) is 4.90 Å². The molecule has 1 heterocycles. The molecular formula is C14H21FN2. The number of nitrogens with zero attached hydrogens (tertiary/aromatic N) is 1. The van der Waals surface area contributed by atoms with Gasteiger partial charge in [0.2, 0.25) is 0 Å². The summed E-state index contributed by atoms with van der Waals surface area (Å²) in [6.45, 7) is 6.37. The average molecular weight is 236 g/mol. The van der Waals surface area contributed by atoms with E-state index in [-0.39, 0.29) is 17.9 Å². The first-order valence-corrected chi connectivity index (χ1v) is 6.33. The van der Waals surface area contributed by atoms with Gasteiger partial charge in [0, 0.05) is 18.6 Å². The number of rotatable bonds is 3. The van der Waals surface area contributed by atoms with Crippen molar-refractivity contribution in [3.05, 3.63) is 35.6 Å². The zero-order chi connectivity index (χ0) is 12.4. The first-order chi connectivity index (χ1) is 8.08. The van der Waals surface area contributed by atoms with Crippen LogP contribution in [-0.4, -0.2) is 24.0 Å². The van der Waals surface area contributed by atoms with Gasteiger partial charge in [-0.05, 0) is 43.5 Å². The molecule has 0 radical (unpaired) electrons. The molecule has 0 aliphatic carbocycles. The predicted octanol–water partition coefficient (Wildman–Crippen LogP) is 2.56. The van der Waals surface area contributed by atoms with Crippen LogP contribution in [0, 0.1) is 11.7 Å². The van der Waals surface area contributed by atoms with Gasteiger partial charge in [0.1, 0.15) is 5.82 Å². The quantitative estimate of drug-likeness (QED) is 0.874. The highest BCUT2D eigenvalue weighted by Gasteiger charge is 2.29. The topological polar surface area (TPSA) is 29.3 Å². The van der Waals surface area contributed by atoms with Crippen LogP contribution in [0.5, 0.6) is 0 Å². The molecular weight excluding hydrogens is 215 g/mol. The van der Waals surface area contributed by atoms with E-state index in [4.69, 9.17) is 5.73 Å². The Bertz CT molecular complexity index is 378. The van der Waals surface area contributed by atoms with Crippen LogP contribution < -0.4 is 5.73 Å². The molecule has 3 unspecified atom stereocenters. The second-order valence-corrected chi connectivity index (χ2v) is 5.25. The van der Waals surface area contributed by atoms with Crippen molar-refractivity contribution < 1.29 is 4.39 Å². The summed E-state index contributed by atoms with van der Waals surface area (Å²) in [7, 11) is 0. The Balaban J connectivity index is 2.23. The molecule has 1 aliphatic heterocycles. The number of hydrogen-bond acceptors (Lipinski definition) is 2. The molecule has 0 saturated carbocycles. The summed E-state index contributed by atoms with van der Waals surface area (Å²) in [4.78, 5) is 2.38. The van der Waals surface area contributed by atoms with Crippen molar-refractivity contribution in [2.45, 2.75) is 32.4 Å². The standard InChI is InChI=1S/C14H21FN2/c1-10-6-7-17(9-10)14(11(2)16)12-4-3-5-13(15)8-12/h3-5,8,10-11,14H,6-7,9,16H2,1-2H3. The molecule has 2 nitrogen and oxygen atoms in total. The lowest BCUT2D eigenvalue weighted by atomic mass is 9.99. The number of likely N-dealkylation sites (tertiary alicyclic amines) is 1. The van der Waals surface area contributed by atoms with Crippen molar-refractivity contribution in [2.75, 3.05) is 13.1 Å². The van der Waals surface area contributed by atoms with E-state index in [0.29, 0.717) is 5.92 Å². The number of halogens is 1. The fourth-order valence-corrected chi connectivity index (χ4v) is 2.76. The Morgan fingerprint density at radius 1 is 1.47 bits per heavy atom. The Labute approximate surface area is 103 Å². The van der Waals surface area contributed by atoms with E-state index in [0.717, 1.165) is 18.7 Å². The third kappa shape index (κ3) is 2.85. The van der Waals surface area contributed by atoms with Crippen LogP contribution >= 0.6 is 0 Å². The smallest absolute Gasteiger partial charge is 0.123 e. The highest BCUT2D eigenvalue weighted by molar-refractivity contribution is 5.22. The third-order valence-electron chi connectivity index (χ3n) is 3.54. The molecule has 2 N–H and O–H groups in total. The minimum Gasteiger partial charge on any atom is -0.326 e. The summed E-state index contributed by atoms with van der Waals surface area (Å²) in [5.74, 6) is 0.533. The van der Waals surface area contributed by atoms with Gasteiger partial charge in [0.15, 0.2) is 0 Å². The van der Waals surface area contributed by atoms with E-state index >= 15 is 0 Å². The molecule has 0 amide bonds. The molecule has 0 spiro atoms. The summed E-state index contributed by atoms with van der Waals surface area (Å²) >= 11 is 0. The maximum Gasteiger partial charge on any atom is 0.123 e. The van der Waals surface area contributed by atoms with E-state index in [2.05, 4.69) is 11.8 Å². The first-order valence-electron chi connectivity index (χ1n) is 6.33. The highest BCUT2D eigenvalue weighted by atomic mass is 19.1. The van der Waals surface area contributed by atoms with Gasteiger partial charge in [0.25, 0.3) is 0 Å². The zero-order valence-electron chi connectivity index (χ0n) is 10.6. The fraction of sp³-hybridized carbons (Fsp3) is 0.571. The first kappa shape index (κ1) is 12.5. The SMILES string of the molecule is CC1CCN(C(c2cccc(F)c2)C(C)N)C1. The fourth-order valence-electron chi connectivity index (χ4n) is 2.76. The van der Waals surface area contributed by atoms with Crippen LogP contribution in [0.2, 0.25) is 0 Å². The molecule has 1 saturated heterocycles. The normalized spacial score (nSPS) is 24.8. The minimum atomic E-state index is -0.180. The van der Waals surface area contributed by atoms with Crippen molar-refractivity contribution in [3.63, 3.8) is 0 Å². The Morgan fingerprint density at radius 2 is 2.24 bits per heavy atom. The maximum absolute atomic E-state index is 13.3. The molecule has 0 aromatic heterocycles. The summed E-state index contributed by atoms with van der Waals surface area (Å²) in [6.07, 6.45) is 1.21. The molecule has 3 atom stereocenters. The molecule has 1 aliphatic rings. The number of benzene rings is 1. The van der Waals surface area contributed by atoms with E-state index in [1.165, 1.54) is 12.5 Å². The van der Waals surface area contributed by atoms with Crippen molar-refractivity contribution in [1.82, 2.24) is 4.90 Å². The van der Waals surface area contributed by atoms with Crippen LogP contribution in [-0.2, 0) is 0 Å². The van der Waals surface area contributed by atoms with Crippen molar-refractivity contribution in [3.8, 4) is 0 Å². The molecule has 94 valence electrons. The third-order valence-corrected chi connectivity index (χ3v) is 3.54. The minimum absolute atomic E-state index is 0.0158. The van der Waals surface area contributed by atoms with Gasteiger partial charge in [-0.2, -0.15) is 0 Å². The van der Waals surface area contributed by atoms with Gasteiger partial charge in [-0.15, -0.1) is 0 Å². The summed E-state index contributed by atoms with van der Waals surface area (Å²) in [5, 5.41) is 0. The van der Waals surface area contributed by atoms with E-state index in [1.54, 1.807) is 12.1 Å².